The summed E-state index contributed by atoms with van der Waals surface area (Å²) in [5.41, 5.74) is 2.91. The molecule has 16 heavy (non-hydrogen) atoms. The van der Waals surface area contributed by atoms with Gasteiger partial charge in [0.25, 0.3) is 0 Å². The van der Waals surface area contributed by atoms with Crippen LogP contribution in [0.15, 0.2) is 53.7 Å². The molecular weight excluding hydrogens is 200 g/mol. The number of pyridine rings is 1. The van der Waals surface area contributed by atoms with E-state index in [1.807, 2.05) is 55.5 Å². The van der Waals surface area contributed by atoms with Crippen molar-refractivity contribution in [1.82, 2.24) is 4.98 Å². The zero-order valence-electron chi connectivity index (χ0n) is 8.96. The number of nitrogens with zero attached hydrogens (tertiary/aromatic N) is 2. The van der Waals surface area contributed by atoms with Gasteiger partial charge in [0, 0.05) is 11.3 Å². The molecule has 0 spiro atoms. The summed E-state index contributed by atoms with van der Waals surface area (Å²) in [7, 11) is 0. The highest BCUT2D eigenvalue weighted by molar-refractivity contribution is 6.11. The Morgan fingerprint density at radius 3 is 2.44 bits per heavy atom. The monoisotopic (exact) mass is 212 g/mol. The van der Waals surface area contributed by atoms with E-state index < -0.39 is 0 Å². The Bertz CT molecular complexity index is 506. The quantitative estimate of drug-likeness (QED) is 0.472. The lowest BCUT2D eigenvalue weighted by Crippen LogP contribution is -2.06. The van der Waals surface area contributed by atoms with E-state index in [0.717, 1.165) is 11.3 Å². The second kappa shape index (κ2) is 4.57. The third-order valence-corrected chi connectivity index (χ3v) is 2.28. The first-order valence-electron chi connectivity index (χ1n) is 5.03. The van der Waals surface area contributed by atoms with Crippen molar-refractivity contribution in [2.75, 3.05) is 0 Å². The second-order valence-corrected chi connectivity index (χ2v) is 3.48. The van der Waals surface area contributed by atoms with Gasteiger partial charge in [-0.05, 0) is 19.1 Å². The van der Waals surface area contributed by atoms with Crippen molar-refractivity contribution in [3.05, 3.63) is 65.5 Å². The third kappa shape index (κ3) is 2.08. The molecule has 1 aromatic carbocycles. The van der Waals surface area contributed by atoms with Crippen LogP contribution in [0.4, 0.5) is 0 Å². The second-order valence-electron chi connectivity index (χ2n) is 3.48. The Hall–Kier alpha value is -2.16. The maximum Gasteiger partial charge on any atom is 0.135 e. The van der Waals surface area contributed by atoms with E-state index in [1.54, 1.807) is 0 Å². The summed E-state index contributed by atoms with van der Waals surface area (Å²) in [6, 6.07) is 15.1. The van der Waals surface area contributed by atoms with Gasteiger partial charge in [0.1, 0.15) is 5.71 Å². The molecule has 3 heteroatoms. The number of rotatable bonds is 2. The lowest BCUT2D eigenvalue weighted by molar-refractivity contribution is 0.319. The van der Waals surface area contributed by atoms with Crippen LogP contribution in [0.1, 0.15) is 17.0 Å². The maximum absolute atomic E-state index is 9.07. The molecule has 0 bridgehead atoms. The molecule has 2 rings (SSSR count). The summed E-state index contributed by atoms with van der Waals surface area (Å²) in [6.07, 6.45) is 0. The van der Waals surface area contributed by atoms with Gasteiger partial charge in [0.05, 0.1) is 5.69 Å². The van der Waals surface area contributed by atoms with Crippen LogP contribution in [0.3, 0.4) is 0 Å². The van der Waals surface area contributed by atoms with Crippen LogP contribution in [0.25, 0.3) is 0 Å². The van der Waals surface area contributed by atoms with E-state index in [0.29, 0.717) is 11.4 Å². The summed E-state index contributed by atoms with van der Waals surface area (Å²) in [6.45, 7) is 1.91. The first kappa shape index (κ1) is 10.4. The highest BCUT2D eigenvalue weighted by Crippen LogP contribution is 2.09. The molecule has 80 valence electrons. The number of hydrogen-bond donors (Lipinski definition) is 1. The molecule has 1 aromatic heterocycles. The van der Waals surface area contributed by atoms with Gasteiger partial charge in [-0.2, -0.15) is 0 Å². The standard InChI is InChI=1S/C13H12N2O/c1-10-6-5-9-12(14-10)13(15-16)11-7-3-2-4-8-11/h2-9,16H,1H3/b15-13-. The van der Waals surface area contributed by atoms with Crippen LogP contribution in [0.2, 0.25) is 0 Å². The summed E-state index contributed by atoms with van der Waals surface area (Å²) in [5, 5.41) is 12.4. The highest BCUT2D eigenvalue weighted by Gasteiger charge is 2.08. The zero-order chi connectivity index (χ0) is 11.4. The molecule has 1 heterocycles. The molecule has 0 aliphatic carbocycles. The average molecular weight is 212 g/mol. The van der Waals surface area contributed by atoms with Crippen molar-refractivity contribution >= 4 is 5.71 Å². The lowest BCUT2D eigenvalue weighted by Gasteiger charge is -2.04. The summed E-state index contributed by atoms with van der Waals surface area (Å²) < 4.78 is 0. The van der Waals surface area contributed by atoms with Crippen molar-refractivity contribution in [1.29, 1.82) is 0 Å². The molecule has 0 radical (unpaired) electrons. The summed E-state index contributed by atoms with van der Waals surface area (Å²) >= 11 is 0. The van der Waals surface area contributed by atoms with Gasteiger partial charge >= 0.3 is 0 Å². The van der Waals surface area contributed by atoms with Crippen molar-refractivity contribution in [3.63, 3.8) is 0 Å². The molecule has 0 saturated heterocycles. The summed E-state index contributed by atoms with van der Waals surface area (Å²) in [5.74, 6) is 0. The molecule has 0 aliphatic rings. The predicted octanol–water partition coefficient (Wildman–Crippen LogP) is 2.62. The molecule has 0 aliphatic heterocycles. The molecule has 1 N–H and O–H groups in total. The number of oxime groups is 1. The molecule has 0 amide bonds. The molecule has 0 saturated carbocycles. The third-order valence-electron chi connectivity index (χ3n) is 2.28. The SMILES string of the molecule is Cc1cccc(/C(=N\O)c2ccccc2)n1. The van der Waals surface area contributed by atoms with Gasteiger partial charge in [-0.25, -0.2) is 0 Å². The first-order valence-corrected chi connectivity index (χ1v) is 5.03. The number of benzene rings is 1. The molecule has 3 nitrogen and oxygen atoms in total. The maximum atomic E-state index is 9.07. The minimum absolute atomic E-state index is 0.490. The molecule has 0 atom stereocenters. The summed E-state index contributed by atoms with van der Waals surface area (Å²) in [4.78, 5) is 4.33. The Kier molecular flexibility index (Phi) is 2.96. The predicted molar refractivity (Wildman–Crippen MR) is 62.8 cm³/mol. The fourth-order valence-electron chi connectivity index (χ4n) is 1.53. The van der Waals surface area contributed by atoms with E-state index >= 15 is 0 Å². The Morgan fingerprint density at radius 1 is 1.06 bits per heavy atom. The average Bonchev–Trinajstić information content (AvgIpc) is 2.31. The zero-order valence-corrected chi connectivity index (χ0v) is 8.96. The van der Waals surface area contributed by atoms with Gasteiger partial charge in [-0.3, -0.25) is 4.98 Å². The molecule has 2 aromatic rings. The molecule has 0 unspecified atom stereocenters. The fraction of sp³-hybridized carbons (Fsp3) is 0.0769. The van der Waals surface area contributed by atoms with Crippen LogP contribution in [0, 0.1) is 6.92 Å². The van der Waals surface area contributed by atoms with Crippen molar-refractivity contribution in [3.8, 4) is 0 Å². The molecular formula is C13H12N2O. The molecule has 0 fully saturated rings. The van der Waals surface area contributed by atoms with Gasteiger partial charge in [-0.1, -0.05) is 41.6 Å². The van der Waals surface area contributed by atoms with E-state index in [-0.39, 0.29) is 0 Å². The van der Waals surface area contributed by atoms with Crippen molar-refractivity contribution < 1.29 is 5.21 Å². The Balaban J connectivity index is 2.46. The van der Waals surface area contributed by atoms with E-state index in [2.05, 4.69) is 10.1 Å². The lowest BCUT2D eigenvalue weighted by atomic mass is 10.1. The minimum Gasteiger partial charge on any atom is -0.410 e. The van der Waals surface area contributed by atoms with Crippen LogP contribution in [0.5, 0.6) is 0 Å². The smallest absolute Gasteiger partial charge is 0.135 e. The van der Waals surface area contributed by atoms with Gasteiger partial charge < -0.3 is 5.21 Å². The number of hydrogen-bond acceptors (Lipinski definition) is 3. The van der Waals surface area contributed by atoms with Gasteiger partial charge in [0.2, 0.25) is 0 Å². The number of aryl methyl sites for hydroxylation is 1. The normalized spacial score (nSPS) is 11.4. The van der Waals surface area contributed by atoms with Gasteiger partial charge in [-0.15, -0.1) is 0 Å². The van der Waals surface area contributed by atoms with E-state index in [4.69, 9.17) is 5.21 Å². The van der Waals surface area contributed by atoms with Crippen LogP contribution < -0.4 is 0 Å². The van der Waals surface area contributed by atoms with Crippen LogP contribution in [-0.2, 0) is 0 Å². The first-order chi connectivity index (χ1) is 7.81. The van der Waals surface area contributed by atoms with Crippen LogP contribution in [-0.4, -0.2) is 15.9 Å². The topological polar surface area (TPSA) is 45.5 Å². The Labute approximate surface area is 94.1 Å². The van der Waals surface area contributed by atoms with E-state index in [9.17, 15) is 0 Å². The van der Waals surface area contributed by atoms with Gasteiger partial charge in [0.15, 0.2) is 0 Å². The minimum atomic E-state index is 0.490. The largest absolute Gasteiger partial charge is 0.410 e. The highest BCUT2D eigenvalue weighted by atomic mass is 16.4. The Morgan fingerprint density at radius 2 is 1.81 bits per heavy atom. The van der Waals surface area contributed by atoms with Crippen LogP contribution >= 0.6 is 0 Å². The van der Waals surface area contributed by atoms with Crippen molar-refractivity contribution in [2.45, 2.75) is 6.92 Å². The van der Waals surface area contributed by atoms with E-state index in [1.165, 1.54) is 0 Å². The van der Waals surface area contributed by atoms with Crippen molar-refractivity contribution in [2.24, 2.45) is 5.16 Å². The number of aromatic nitrogens is 1. The fourth-order valence-corrected chi connectivity index (χ4v) is 1.53.